The van der Waals surface area contributed by atoms with Crippen LogP contribution in [0.5, 0.6) is 0 Å². The lowest BCUT2D eigenvalue weighted by molar-refractivity contribution is -0.118. The van der Waals surface area contributed by atoms with Crippen molar-refractivity contribution in [3.05, 3.63) is 64.2 Å². The Bertz CT molecular complexity index is 903. The third-order valence-electron chi connectivity index (χ3n) is 5.72. The molecule has 0 spiro atoms. The molecule has 0 N–H and O–H groups in total. The molecule has 0 fully saturated rings. The van der Waals surface area contributed by atoms with Gasteiger partial charge in [-0.3, -0.25) is 9.59 Å². The normalized spacial score (nSPS) is 18.2. The quantitative estimate of drug-likeness (QED) is 0.806. The van der Waals surface area contributed by atoms with Crippen molar-refractivity contribution in [2.24, 2.45) is 0 Å². The Morgan fingerprint density at radius 1 is 0.840 bits per heavy atom. The van der Waals surface area contributed by atoms with Crippen molar-refractivity contribution >= 4 is 17.5 Å². The van der Waals surface area contributed by atoms with Crippen LogP contribution in [0.15, 0.2) is 36.4 Å². The summed E-state index contributed by atoms with van der Waals surface area (Å²) in [6.07, 6.45) is 3.09. The Balaban J connectivity index is 1.47. The van der Waals surface area contributed by atoms with Gasteiger partial charge in [0.15, 0.2) is 0 Å². The highest BCUT2D eigenvalue weighted by atomic mass is 16.2. The first-order valence-corrected chi connectivity index (χ1v) is 9.03. The van der Waals surface area contributed by atoms with Gasteiger partial charge in [0.1, 0.15) is 0 Å². The standard InChI is InChI=1S/C21H20N2O2/c24-19-6-5-15-11-18(12-16-8-10-23(19)20(15)16)21(25)22-9-7-14-3-1-2-4-17(14)13-22/h1-4,11-12H,5-10,13H2. The summed E-state index contributed by atoms with van der Waals surface area (Å²) < 4.78 is 0. The molecule has 0 unspecified atom stereocenters. The zero-order chi connectivity index (χ0) is 17.0. The van der Waals surface area contributed by atoms with Crippen molar-refractivity contribution in [1.29, 1.82) is 0 Å². The third kappa shape index (κ3) is 2.28. The number of anilines is 1. The van der Waals surface area contributed by atoms with Crippen molar-refractivity contribution < 1.29 is 9.59 Å². The lowest BCUT2D eigenvalue weighted by Gasteiger charge is -2.30. The average Bonchev–Trinajstić information content (AvgIpc) is 3.09. The van der Waals surface area contributed by atoms with Crippen LogP contribution in [-0.4, -0.2) is 29.8 Å². The molecule has 0 atom stereocenters. The number of fused-ring (bicyclic) bond motifs is 1. The van der Waals surface area contributed by atoms with Crippen molar-refractivity contribution in [1.82, 2.24) is 4.90 Å². The van der Waals surface area contributed by atoms with Crippen LogP contribution in [0.25, 0.3) is 0 Å². The summed E-state index contributed by atoms with van der Waals surface area (Å²) in [5, 5.41) is 0. The van der Waals surface area contributed by atoms with Crippen LogP contribution in [-0.2, 0) is 30.6 Å². The lowest BCUT2D eigenvalue weighted by Crippen LogP contribution is -2.36. The first-order valence-electron chi connectivity index (χ1n) is 9.03. The summed E-state index contributed by atoms with van der Waals surface area (Å²) in [7, 11) is 0. The number of rotatable bonds is 1. The number of carbonyl (C=O) groups is 2. The molecule has 126 valence electrons. The Morgan fingerprint density at radius 3 is 2.40 bits per heavy atom. The van der Waals surface area contributed by atoms with E-state index in [9.17, 15) is 9.59 Å². The molecular formula is C21H20N2O2. The molecule has 0 radical (unpaired) electrons. The zero-order valence-electron chi connectivity index (χ0n) is 14.1. The smallest absolute Gasteiger partial charge is 0.254 e. The molecule has 0 aromatic heterocycles. The predicted molar refractivity (Wildman–Crippen MR) is 95.7 cm³/mol. The molecule has 4 heteroatoms. The summed E-state index contributed by atoms with van der Waals surface area (Å²) in [4.78, 5) is 29.0. The molecule has 0 saturated carbocycles. The van der Waals surface area contributed by atoms with Gasteiger partial charge in [-0.1, -0.05) is 24.3 Å². The maximum absolute atomic E-state index is 13.1. The van der Waals surface area contributed by atoms with Crippen LogP contribution in [0.3, 0.4) is 0 Å². The number of carbonyl (C=O) groups excluding carboxylic acids is 2. The van der Waals surface area contributed by atoms with Crippen LogP contribution in [0.1, 0.15) is 39.0 Å². The Hall–Kier alpha value is -2.62. The molecule has 2 amide bonds. The molecule has 5 rings (SSSR count). The molecule has 0 bridgehead atoms. The highest BCUT2D eigenvalue weighted by Crippen LogP contribution is 2.37. The molecule has 0 aliphatic carbocycles. The van der Waals surface area contributed by atoms with Gasteiger partial charge in [-0.25, -0.2) is 0 Å². The average molecular weight is 332 g/mol. The topological polar surface area (TPSA) is 40.6 Å². The van der Waals surface area contributed by atoms with E-state index in [4.69, 9.17) is 0 Å². The van der Waals surface area contributed by atoms with Crippen LogP contribution in [0, 0.1) is 0 Å². The first kappa shape index (κ1) is 14.7. The van der Waals surface area contributed by atoms with Gasteiger partial charge in [0.25, 0.3) is 5.91 Å². The minimum absolute atomic E-state index is 0.115. The summed E-state index contributed by atoms with van der Waals surface area (Å²) in [5.41, 5.74) is 6.79. The molecule has 3 aliphatic rings. The summed E-state index contributed by atoms with van der Waals surface area (Å²) >= 11 is 0. The molecule has 2 aromatic carbocycles. The number of hydrogen-bond acceptors (Lipinski definition) is 2. The largest absolute Gasteiger partial charge is 0.334 e. The van der Waals surface area contributed by atoms with Crippen LogP contribution in [0.2, 0.25) is 0 Å². The van der Waals surface area contributed by atoms with Gasteiger partial charge in [-0.2, -0.15) is 0 Å². The summed E-state index contributed by atoms with van der Waals surface area (Å²) in [6.45, 7) is 2.22. The van der Waals surface area contributed by atoms with Gasteiger partial charge in [0.2, 0.25) is 5.91 Å². The second-order valence-corrected chi connectivity index (χ2v) is 7.18. The Morgan fingerprint density at radius 2 is 1.56 bits per heavy atom. The molecular weight excluding hydrogens is 312 g/mol. The Kier molecular flexibility index (Phi) is 3.20. The van der Waals surface area contributed by atoms with Crippen molar-refractivity contribution in [3.63, 3.8) is 0 Å². The summed E-state index contributed by atoms with van der Waals surface area (Å²) in [5.74, 6) is 0.335. The number of benzene rings is 2. The van der Waals surface area contributed by atoms with E-state index in [0.29, 0.717) is 13.0 Å². The zero-order valence-corrected chi connectivity index (χ0v) is 14.1. The van der Waals surface area contributed by atoms with E-state index in [-0.39, 0.29) is 11.8 Å². The second-order valence-electron chi connectivity index (χ2n) is 7.18. The fraction of sp³-hybridized carbons (Fsp3) is 0.333. The second kappa shape index (κ2) is 5.45. The molecule has 0 saturated heterocycles. The summed E-state index contributed by atoms with van der Waals surface area (Å²) in [6, 6.07) is 12.4. The number of hydrogen-bond donors (Lipinski definition) is 0. The van der Waals surface area contributed by atoms with E-state index in [0.717, 1.165) is 54.7 Å². The minimum Gasteiger partial charge on any atom is -0.334 e. The van der Waals surface area contributed by atoms with E-state index in [2.05, 4.69) is 18.2 Å². The van der Waals surface area contributed by atoms with Crippen LogP contribution in [0.4, 0.5) is 5.69 Å². The number of nitrogens with zero attached hydrogens (tertiary/aromatic N) is 2. The molecule has 4 nitrogen and oxygen atoms in total. The monoisotopic (exact) mass is 332 g/mol. The van der Waals surface area contributed by atoms with Gasteiger partial charge >= 0.3 is 0 Å². The molecule has 25 heavy (non-hydrogen) atoms. The van der Waals surface area contributed by atoms with Crippen molar-refractivity contribution in [2.75, 3.05) is 18.0 Å². The highest BCUT2D eigenvalue weighted by molar-refractivity contribution is 6.01. The molecule has 3 heterocycles. The van der Waals surface area contributed by atoms with Gasteiger partial charge in [0.05, 0.1) is 5.69 Å². The van der Waals surface area contributed by atoms with Crippen molar-refractivity contribution in [3.8, 4) is 0 Å². The fourth-order valence-corrected chi connectivity index (χ4v) is 4.43. The van der Waals surface area contributed by atoms with Crippen molar-refractivity contribution in [2.45, 2.75) is 32.2 Å². The number of aryl methyl sites for hydroxylation is 1. The van der Waals surface area contributed by atoms with Crippen LogP contribution >= 0.6 is 0 Å². The predicted octanol–water partition coefficient (Wildman–Crippen LogP) is 2.72. The fourth-order valence-electron chi connectivity index (χ4n) is 4.43. The minimum atomic E-state index is 0.115. The molecule has 2 aromatic rings. The maximum Gasteiger partial charge on any atom is 0.254 e. The van der Waals surface area contributed by atoms with E-state index >= 15 is 0 Å². The number of amides is 2. The van der Waals surface area contributed by atoms with E-state index in [1.807, 2.05) is 28.0 Å². The maximum atomic E-state index is 13.1. The first-order chi connectivity index (χ1) is 12.2. The molecule has 3 aliphatic heterocycles. The Labute approximate surface area is 147 Å². The van der Waals surface area contributed by atoms with E-state index in [1.54, 1.807) is 0 Å². The van der Waals surface area contributed by atoms with E-state index < -0.39 is 0 Å². The highest BCUT2D eigenvalue weighted by Gasteiger charge is 2.32. The van der Waals surface area contributed by atoms with E-state index in [1.165, 1.54) is 11.1 Å². The van der Waals surface area contributed by atoms with Gasteiger partial charge in [-0.15, -0.1) is 0 Å². The van der Waals surface area contributed by atoms with Crippen LogP contribution < -0.4 is 4.90 Å². The van der Waals surface area contributed by atoms with Gasteiger partial charge in [0, 0.05) is 31.6 Å². The third-order valence-corrected chi connectivity index (χ3v) is 5.72. The van der Waals surface area contributed by atoms with Gasteiger partial charge < -0.3 is 9.80 Å². The lowest BCUT2D eigenvalue weighted by atomic mass is 9.95. The SMILES string of the molecule is O=C(c1cc2c3c(c1)CCN3C(=O)CC2)N1CCc2ccccc2C1. The van der Waals surface area contributed by atoms with Gasteiger partial charge in [-0.05, 0) is 53.6 Å².